The average Bonchev–Trinajstić information content (AvgIpc) is 3.34. The Kier molecular flexibility index (Phi) is 3.92. The van der Waals surface area contributed by atoms with E-state index in [0.29, 0.717) is 31.3 Å². The number of fused-ring (bicyclic) bond motifs is 4. The van der Waals surface area contributed by atoms with Crippen LogP contribution in [0.5, 0.6) is 0 Å². The van der Waals surface area contributed by atoms with Gasteiger partial charge in [0.15, 0.2) is 6.23 Å². The molecule has 0 aromatic carbocycles. The number of carbonyl (C=O) groups excluding carboxylic acids is 3. The van der Waals surface area contributed by atoms with Crippen molar-refractivity contribution in [3.8, 4) is 0 Å². The van der Waals surface area contributed by atoms with Crippen molar-refractivity contribution in [3.63, 3.8) is 0 Å². The highest BCUT2D eigenvalue weighted by atomic mass is 16.6. The van der Waals surface area contributed by atoms with Crippen LogP contribution in [0.4, 0.5) is 0 Å². The summed E-state index contributed by atoms with van der Waals surface area (Å²) in [6, 6.07) is -0.0515. The normalized spacial score (nSPS) is 45.8. The van der Waals surface area contributed by atoms with Gasteiger partial charge >= 0.3 is 17.9 Å². The van der Waals surface area contributed by atoms with E-state index in [0.717, 1.165) is 18.4 Å². The van der Waals surface area contributed by atoms with E-state index in [4.69, 9.17) is 14.2 Å². The Morgan fingerprint density at radius 3 is 2.46 bits per heavy atom. The number of carbonyl (C=O) groups is 3. The second kappa shape index (κ2) is 6.05. The van der Waals surface area contributed by atoms with Crippen LogP contribution in [0.15, 0.2) is 11.1 Å². The molecule has 4 fully saturated rings. The summed E-state index contributed by atoms with van der Waals surface area (Å²) >= 11 is 0. The molecule has 0 radical (unpaired) electrons. The molecule has 0 aliphatic carbocycles. The van der Waals surface area contributed by atoms with Crippen LogP contribution in [0.3, 0.4) is 0 Å². The molecule has 4 saturated heterocycles. The zero-order valence-corrected chi connectivity index (χ0v) is 16.6. The van der Waals surface area contributed by atoms with Gasteiger partial charge in [-0.1, -0.05) is 13.8 Å². The molecule has 0 aromatic rings. The van der Waals surface area contributed by atoms with Crippen LogP contribution in [-0.2, 0) is 28.6 Å². The van der Waals surface area contributed by atoms with Gasteiger partial charge in [-0.2, -0.15) is 0 Å². The van der Waals surface area contributed by atoms with Gasteiger partial charge in [0.25, 0.3) is 0 Å². The van der Waals surface area contributed by atoms with Crippen LogP contribution in [-0.4, -0.2) is 52.8 Å². The maximum absolute atomic E-state index is 12.3. The highest BCUT2D eigenvalue weighted by Crippen LogP contribution is 2.52. The van der Waals surface area contributed by atoms with Gasteiger partial charge in [0.1, 0.15) is 11.7 Å². The number of hydrogen-bond donors (Lipinski definition) is 0. The maximum atomic E-state index is 12.3. The van der Waals surface area contributed by atoms with Gasteiger partial charge in [0.05, 0.1) is 23.9 Å². The number of ether oxygens (including phenoxy) is 3. The average molecular weight is 389 g/mol. The summed E-state index contributed by atoms with van der Waals surface area (Å²) in [6.45, 7) is 5.63. The molecular weight excluding hydrogens is 362 g/mol. The first-order valence-electron chi connectivity index (χ1n) is 10.4. The summed E-state index contributed by atoms with van der Waals surface area (Å²) in [4.78, 5) is 38.9. The largest absolute Gasteiger partial charge is 0.460 e. The Balaban J connectivity index is 1.55. The number of cyclic esters (lactones) is 1. The van der Waals surface area contributed by atoms with E-state index in [1.54, 1.807) is 0 Å². The smallest absolute Gasteiger partial charge is 0.335 e. The van der Waals surface area contributed by atoms with E-state index in [1.807, 2.05) is 20.8 Å². The molecule has 5 aliphatic rings. The molecule has 0 aromatic heterocycles. The molecule has 0 unspecified atom stereocenters. The lowest BCUT2D eigenvalue weighted by molar-refractivity contribution is -0.168. The van der Waals surface area contributed by atoms with Crippen molar-refractivity contribution in [2.45, 2.75) is 89.3 Å². The number of hydrogen-bond acceptors (Lipinski definition) is 7. The second-order valence-corrected chi connectivity index (χ2v) is 9.22. The van der Waals surface area contributed by atoms with E-state index in [2.05, 4.69) is 4.90 Å². The van der Waals surface area contributed by atoms with E-state index in [9.17, 15) is 14.4 Å². The van der Waals surface area contributed by atoms with Gasteiger partial charge < -0.3 is 14.2 Å². The van der Waals surface area contributed by atoms with Gasteiger partial charge in [-0.15, -0.1) is 0 Å². The topological polar surface area (TPSA) is 82.1 Å². The highest BCUT2D eigenvalue weighted by Gasteiger charge is 2.61. The molecule has 5 aliphatic heterocycles. The van der Waals surface area contributed by atoms with E-state index in [-0.39, 0.29) is 47.9 Å². The minimum absolute atomic E-state index is 0.0257. The number of nitrogens with zero attached hydrogens (tertiary/aromatic N) is 1. The predicted molar refractivity (Wildman–Crippen MR) is 96.7 cm³/mol. The molecule has 0 saturated carbocycles. The first-order chi connectivity index (χ1) is 13.3. The quantitative estimate of drug-likeness (QED) is 0.502. The van der Waals surface area contributed by atoms with Gasteiger partial charge in [-0.05, 0) is 44.6 Å². The zero-order valence-electron chi connectivity index (χ0n) is 16.6. The van der Waals surface area contributed by atoms with Gasteiger partial charge in [-0.25, -0.2) is 4.79 Å². The first kappa shape index (κ1) is 18.2. The molecule has 7 heteroatoms. The maximum Gasteiger partial charge on any atom is 0.335 e. The summed E-state index contributed by atoms with van der Waals surface area (Å²) in [5, 5.41) is 0. The van der Waals surface area contributed by atoms with Crippen molar-refractivity contribution in [1.29, 1.82) is 0 Å². The minimum Gasteiger partial charge on any atom is -0.460 e. The Labute approximate surface area is 164 Å². The molecule has 0 bridgehead atoms. The van der Waals surface area contributed by atoms with Gasteiger partial charge in [-0.3, -0.25) is 14.5 Å². The Bertz CT molecular complexity index is 790. The van der Waals surface area contributed by atoms with Crippen LogP contribution in [0.25, 0.3) is 0 Å². The molecule has 5 rings (SSSR count). The molecule has 152 valence electrons. The standard InChI is InChI=1S/C21H27NO6/c1-10-8-15(26-18(10)23)14-4-5-16-21(9-11(2)19(24)28-21)7-6-13-12(3)20(25)27-17(13)22(14)16/h10-11,14-17H,4-9H2,1-3H3/t10-,11+,14-,15-,16-,17-,21-/m0/s1. The molecule has 0 amide bonds. The van der Waals surface area contributed by atoms with Crippen molar-refractivity contribution in [1.82, 2.24) is 4.90 Å². The summed E-state index contributed by atoms with van der Waals surface area (Å²) in [6.07, 6.45) is 3.78. The third-order valence-electron chi connectivity index (χ3n) is 7.52. The first-order valence-corrected chi connectivity index (χ1v) is 10.4. The zero-order chi connectivity index (χ0) is 19.8. The lowest BCUT2D eigenvalue weighted by atomic mass is 9.83. The molecular formula is C21H27NO6. The summed E-state index contributed by atoms with van der Waals surface area (Å²) in [5.74, 6) is -0.805. The van der Waals surface area contributed by atoms with Crippen molar-refractivity contribution in [3.05, 3.63) is 11.1 Å². The van der Waals surface area contributed by atoms with Crippen molar-refractivity contribution in [2.75, 3.05) is 0 Å². The Morgan fingerprint density at radius 1 is 1.04 bits per heavy atom. The van der Waals surface area contributed by atoms with Crippen LogP contribution < -0.4 is 0 Å². The van der Waals surface area contributed by atoms with Crippen LogP contribution >= 0.6 is 0 Å². The fraction of sp³-hybridized carbons (Fsp3) is 0.762. The van der Waals surface area contributed by atoms with Crippen LogP contribution in [0.1, 0.15) is 59.3 Å². The lowest BCUT2D eigenvalue weighted by Crippen LogP contribution is -2.56. The molecule has 7 nitrogen and oxygen atoms in total. The monoisotopic (exact) mass is 389 g/mol. The fourth-order valence-corrected chi connectivity index (χ4v) is 6.04. The van der Waals surface area contributed by atoms with Gasteiger partial charge in [0, 0.05) is 12.0 Å². The third kappa shape index (κ3) is 2.41. The van der Waals surface area contributed by atoms with Crippen molar-refractivity contribution < 1.29 is 28.6 Å². The molecule has 0 N–H and O–H groups in total. The van der Waals surface area contributed by atoms with E-state index in [1.165, 1.54) is 0 Å². The van der Waals surface area contributed by atoms with E-state index >= 15 is 0 Å². The number of esters is 3. The summed E-state index contributed by atoms with van der Waals surface area (Å²) < 4.78 is 17.5. The summed E-state index contributed by atoms with van der Waals surface area (Å²) in [5.41, 5.74) is 1.11. The summed E-state index contributed by atoms with van der Waals surface area (Å²) in [7, 11) is 0. The van der Waals surface area contributed by atoms with Crippen molar-refractivity contribution in [2.24, 2.45) is 11.8 Å². The third-order valence-corrected chi connectivity index (χ3v) is 7.52. The molecule has 7 atom stereocenters. The van der Waals surface area contributed by atoms with Crippen LogP contribution in [0.2, 0.25) is 0 Å². The fourth-order valence-electron chi connectivity index (χ4n) is 6.04. The van der Waals surface area contributed by atoms with Gasteiger partial charge in [0.2, 0.25) is 0 Å². The molecule has 1 spiro atoms. The molecule has 28 heavy (non-hydrogen) atoms. The lowest BCUT2D eigenvalue weighted by Gasteiger charge is -2.41. The Hall–Kier alpha value is -1.89. The second-order valence-electron chi connectivity index (χ2n) is 9.22. The van der Waals surface area contributed by atoms with E-state index < -0.39 is 11.8 Å². The van der Waals surface area contributed by atoms with Crippen molar-refractivity contribution >= 4 is 17.9 Å². The Morgan fingerprint density at radius 2 is 1.82 bits per heavy atom. The number of rotatable bonds is 1. The predicted octanol–water partition coefficient (Wildman–Crippen LogP) is 2.09. The minimum atomic E-state index is -0.552. The highest BCUT2D eigenvalue weighted by molar-refractivity contribution is 5.91. The van der Waals surface area contributed by atoms with Crippen LogP contribution in [0, 0.1) is 11.8 Å². The SMILES string of the molecule is CC1=C2CC[C@]3(C[C@@H](C)C(=O)O3)[C@@H]3CC[C@@H]([C@@H]4C[C@H](C)C(=O)O4)N3[C@H]2OC1=O. The molecule has 5 heterocycles.